The fraction of sp³-hybridized carbons (Fsp3) is 0.833. The van der Waals surface area contributed by atoms with E-state index in [0.717, 1.165) is 19.3 Å². The van der Waals surface area contributed by atoms with Crippen molar-refractivity contribution in [3.05, 3.63) is 0 Å². The maximum Gasteiger partial charge on any atom is 0.414 e. The molecule has 1 heterocycles. The van der Waals surface area contributed by atoms with E-state index in [2.05, 4.69) is 4.90 Å². The zero-order chi connectivity index (χ0) is 16.0. The summed E-state index contributed by atoms with van der Waals surface area (Å²) in [5.41, 5.74) is 0. The minimum Gasteiger partial charge on any atom is -0.473 e. The highest BCUT2D eigenvalue weighted by Gasteiger charge is 2.35. The van der Waals surface area contributed by atoms with E-state index in [9.17, 15) is 8.42 Å². The first kappa shape index (κ1) is 17.9. The molecule has 1 aliphatic heterocycles. The Balaban J connectivity index is 0.000000315. The molecule has 2 N–H and O–H groups in total. The van der Waals surface area contributed by atoms with Crippen molar-refractivity contribution in [2.75, 3.05) is 19.3 Å². The number of likely N-dealkylation sites (tertiary alicyclic amines) is 1. The highest BCUT2D eigenvalue weighted by Crippen LogP contribution is 2.27. The number of hydrogen-bond acceptors (Lipinski definition) is 6. The van der Waals surface area contributed by atoms with Crippen LogP contribution in [0, 0.1) is 0 Å². The molecule has 0 amide bonds. The van der Waals surface area contributed by atoms with E-state index in [1.165, 1.54) is 32.1 Å². The van der Waals surface area contributed by atoms with Gasteiger partial charge in [0.15, 0.2) is 0 Å². The summed E-state index contributed by atoms with van der Waals surface area (Å²) in [6, 6.07) is 0.679. The van der Waals surface area contributed by atoms with E-state index < -0.39 is 22.1 Å². The van der Waals surface area contributed by atoms with Crippen LogP contribution in [0.2, 0.25) is 0 Å². The van der Waals surface area contributed by atoms with Crippen molar-refractivity contribution in [1.82, 2.24) is 4.90 Å². The zero-order valence-electron chi connectivity index (χ0n) is 11.9. The molecule has 1 saturated heterocycles. The third-order valence-electron chi connectivity index (χ3n) is 3.46. The molecular formula is C12H21NO7S. The summed E-state index contributed by atoms with van der Waals surface area (Å²) in [4.78, 5) is 20.6. The molecule has 0 spiro atoms. The quantitative estimate of drug-likeness (QED) is 0.555. The summed E-state index contributed by atoms with van der Waals surface area (Å²) in [5, 5.41) is 14.8. The largest absolute Gasteiger partial charge is 0.473 e. The topological polar surface area (TPSA) is 121 Å². The van der Waals surface area contributed by atoms with Crippen molar-refractivity contribution in [2.24, 2.45) is 0 Å². The Morgan fingerprint density at radius 1 is 1.05 bits per heavy atom. The minimum atomic E-state index is -3.27. The summed E-state index contributed by atoms with van der Waals surface area (Å²) in [6.45, 7) is 1.58. The summed E-state index contributed by atoms with van der Waals surface area (Å²) in [5.74, 6) is -3.65. The molecular weight excluding hydrogens is 302 g/mol. The molecule has 9 heteroatoms. The monoisotopic (exact) mass is 323 g/mol. The van der Waals surface area contributed by atoms with E-state index >= 15 is 0 Å². The number of hydrogen-bond donors (Lipinski definition) is 2. The van der Waals surface area contributed by atoms with Gasteiger partial charge in [-0.15, -0.1) is 0 Å². The van der Waals surface area contributed by atoms with Gasteiger partial charge in [0.25, 0.3) is 10.1 Å². The van der Waals surface area contributed by atoms with Crippen molar-refractivity contribution in [2.45, 2.75) is 44.2 Å². The molecule has 1 saturated carbocycles. The number of aliphatic carboxylic acids is 2. The maximum absolute atomic E-state index is 10.9. The fourth-order valence-electron chi connectivity index (χ4n) is 2.52. The fourth-order valence-corrected chi connectivity index (χ4v) is 3.14. The Kier molecular flexibility index (Phi) is 6.56. The molecule has 2 aliphatic rings. The van der Waals surface area contributed by atoms with Crippen LogP contribution in [0.3, 0.4) is 0 Å². The maximum atomic E-state index is 10.9. The average Bonchev–Trinajstić information content (AvgIpc) is 2.34. The van der Waals surface area contributed by atoms with Crippen LogP contribution in [-0.4, -0.2) is 67.0 Å². The second-order valence-corrected chi connectivity index (χ2v) is 6.88. The Bertz CT molecular complexity index is 452. The molecule has 1 aliphatic carbocycles. The molecule has 0 radical (unpaired) electrons. The number of carbonyl (C=O) groups is 2. The number of rotatable bonds is 3. The van der Waals surface area contributed by atoms with Crippen LogP contribution in [0.25, 0.3) is 0 Å². The van der Waals surface area contributed by atoms with Crippen LogP contribution in [0.5, 0.6) is 0 Å². The lowest BCUT2D eigenvalue weighted by Crippen LogP contribution is -2.57. The zero-order valence-corrected chi connectivity index (χ0v) is 12.7. The van der Waals surface area contributed by atoms with Gasteiger partial charge in [0.2, 0.25) is 0 Å². The molecule has 2 rings (SSSR count). The normalized spacial score (nSPS) is 21.0. The Morgan fingerprint density at radius 3 is 1.90 bits per heavy atom. The predicted molar refractivity (Wildman–Crippen MR) is 73.4 cm³/mol. The van der Waals surface area contributed by atoms with E-state index in [1.54, 1.807) is 0 Å². The highest BCUT2D eigenvalue weighted by molar-refractivity contribution is 7.86. The molecule has 21 heavy (non-hydrogen) atoms. The standard InChI is InChI=1S/C10H19NO3S.C2H2O4/c1-15(12,13)14-10-7-11(8-10)9-5-3-2-4-6-9;3-1(4)2(5)6/h9-10H,2-8H2,1H3;(H,3,4)(H,5,6). The first-order valence-corrected chi connectivity index (χ1v) is 8.59. The van der Waals surface area contributed by atoms with E-state index in [4.69, 9.17) is 24.0 Å². The molecule has 8 nitrogen and oxygen atoms in total. The van der Waals surface area contributed by atoms with Gasteiger partial charge in [-0.25, -0.2) is 9.59 Å². The van der Waals surface area contributed by atoms with Crippen LogP contribution >= 0.6 is 0 Å². The number of carboxylic acid groups (broad SMARTS) is 2. The van der Waals surface area contributed by atoms with Gasteiger partial charge >= 0.3 is 11.9 Å². The van der Waals surface area contributed by atoms with Crippen molar-refractivity contribution in [1.29, 1.82) is 0 Å². The third-order valence-corrected chi connectivity index (χ3v) is 4.08. The molecule has 0 unspecified atom stereocenters. The second kappa shape index (κ2) is 7.71. The number of nitrogens with zero attached hydrogens (tertiary/aromatic N) is 1. The summed E-state index contributed by atoms with van der Waals surface area (Å²) in [6.07, 6.45) is 7.56. The average molecular weight is 323 g/mol. The lowest BCUT2D eigenvalue weighted by atomic mass is 9.92. The SMILES string of the molecule is CS(=O)(=O)OC1CN(C2CCCCC2)C1.O=C(O)C(=O)O. The van der Waals surface area contributed by atoms with Gasteiger partial charge in [-0.3, -0.25) is 9.08 Å². The van der Waals surface area contributed by atoms with Gasteiger partial charge in [-0.05, 0) is 12.8 Å². The summed E-state index contributed by atoms with van der Waals surface area (Å²) >= 11 is 0. The van der Waals surface area contributed by atoms with E-state index in [0.29, 0.717) is 6.04 Å². The van der Waals surface area contributed by atoms with E-state index in [-0.39, 0.29) is 6.10 Å². The van der Waals surface area contributed by atoms with Crippen LogP contribution in [0.4, 0.5) is 0 Å². The Morgan fingerprint density at radius 2 is 1.52 bits per heavy atom. The molecule has 0 bridgehead atoms. The first-order valence-electron chi connectivity index (χ1n) is 6.77. The van der Waals surface area contributed by atoms with Crippen molar-refractivity contribution >= 4 is 22.1 Å². The molecule has 0 aromatic carbocycles. The van der Waals surface area contributed by atoms with Crippen molar-refractivity contribution in [3.8, 4) is 0 Å². The Hall–Kier alpha value is -1.19. The minimum absolute atomic E-state index is 0.0954. The summed E-state index contributed by atoms with van der Waals surface area (Å²) < 4.78 is 26.7. The lowest BCUT2D eigenvalue weighted by Gasteiger charge is -2.44. The summed E-state index contributed by atoms with van der Waals surface area (Å²) in [7, 11) is -3.27. The smallest absolute Gasteiger partial charge is 0.414 e. The molecule has 0 aromatic heterocycles. The Labute approximate surface area is 123 Å². The molecule has 0 atom stereocenters. The van der Waals surface area contributed by atoms with Gasteiger partial charge in [0.05, 0.1) is 6.26 Å². The van der Waals surface area contributed by atoms with E-state index in [1.807, 2.05) is 0 Å². The highest BCUT2D eigenvalue weighted by atomic mass is 32.2. The lowest BCUT2D eigenvalue weighted by molar-refractivity contribution is -0.159. The van der Waals surface area contributed by atoms with Gasteiger partial charge in [0.1, 0.15) is 6.10 Å². The third kappa shape index (κ3) is 6.87. The number of carboxylic acids is 2. The van der Waals surface area contributed by atoms with Gasteiger partial charge < -0.3 is 10.2 Å². The van der Waals surface area contributed by atoms with Crippen LogP contribution in [0.1, 0.15) is 32.1 Å². The van der Waals surface area contributed by atoms with Crippen LogP contribution < -0.4 is 0 Å². The van der Waals surface area contributed by atoms with Crippen LogP contribution in [-0.2, 0) is 23.9 Å². The van der Waals surface area contributed by atoms with Crippen LogP contribution in [0.15, 0.2) is 0 Å². The first-order chi connectivity index (χ1) is 9.69. The van der Waals surface area contributed by atoms with Gasteiger partial charge in [0, 0.05) is 19.1 Å². The second-order valence-electron chi connectivity index (χ2n) is 5.28. The van der Waals surface area contributed by atoms with Gasteiger partial charge in [-0.2, -0.15) is 8.42 Å². The predicted octanol–water partition coefficient (Wildman–Crippen LogP) is 0.135. The molecule has 0 aromatic rings. The van der Waals surface area contributed by atoms with Gasteiger partial charge in [-0.1, -0.05) is 19.3 Å². The molecule has 2 fully saturated rings. The van der Waals surface area contributed by atoms with Crippen molar-refractivity contribution in [3.63, 3.8) is 0 Å². The molecule has 122 valence electrons. The van der Waals surface area contributed by atoms with Crippen molar-refractivity contribution < 1.29 is 32.4 Å².